The van der Waals surface area contributed by atoms with E-state index in [4.69, 9.17) is 0 Å². The summed E-state index contributed by atoms with van der Waals surface area (Å²) in [6, 6.07) is 7.03. The minimum atomic E-state index is 0.0114. The summed E-state index contributed by atoms with van der Waals surface area (Å²) in [5.41, 5.74) is 2.33. The lowest BCUT2D eigenvalue weighted by atomic mass is 10.0. The molecule has 2 N–H and O–H groups in total. The fraction of sp³-hybridized carbons (Fsp3) is 0.500. The van der Waals surface area contributed by atoms with Gasteiger partial charge in [-0.05, 0) is 50.4 Å². The SMILES string of the molecule is CC1Sc2cc(CC3CCCN3)ccc2NC1=O. The van der Waals surface area contributed by atoms with E-state index >= 15 is 0 Å². The second-order valence-electron chi connectivity index (χ2n) is 5.08. The van der Waals surface area contributed by atoms with Gasteiger partial charge in [0.25, 0.3) is 0 Å². The summed E-state index contributed by atoms with van der Waals surface area (Å²) in [6.45, 7) is 3.10. The summed E-state index contributed by atoms with van der Waals surface area (Å²) in [5.74, 6) is 0.109. The Morgan fingerprint density at radius 3 is 3.11 bits per heavy atom. The molecule has 1 saturated heterocycles. The maximum absolute atomic E-state index is 11.6. The Kier molecular flexibility index (Phi) is 3.31. The fourth-order valence-corrected chi connectivity index (χ4v) is 3.60. The molecule has 0 spiro atoms. The van der Waals surface area contributed by atoms with Crippen molar-refractivity contribution in [2.24, 2.45) is 0 Å². The largest absolute Gasteiger partial charge is 0.324 e. The topological polar surface area (TPSA) is 41.1 Å². The number of carbonyl (C=O) groups is 1. The fourth-order valence-electron chi connectivity index (χ4n) is 2.59. The highest BCUT2D eigenvalue weighted by Gasteiger charge is 2.23. The Balaban J connectivity index is 1.78. The number of hydrogen-bond donors (Lipinski definition) is 2. The summed E-state index contributed by atoms with van der Waals surface area (Å²) in [4.78, 5) is 12.8. The van der Waals surface area contributed by atoms with Gasteiger partial charge in [0, 0.05) is 10.9 Å². The van der Waals surface area contributed by atoms with Crippen LogP contribution in [0, 0.1) is 0 Å². The van der Waals surface area contributed by atoms with Crippen molar-refractivity contribution in [3.63, 3.8) is 0 Å². The Morgan fingerprint density at radius 2 is 2.33 bits per heavy atom. The van der Waals surface area contributed by atoms with Crippen molar-refractivity contribution in [2.45, 2.75) is 42.4 Å². The van der Waals surface area contributed by atoms with Crippen LogP contribution in [0.15, 0.2) is 23.1 Å². The number of carbonyl (C=O) groups excluding carboxylic acids is 1. The zero-order chi connectivity index (χ0) is 12.5. The number of rotatable bonds is 2. The van der Waals surface area contributed by atoms with Crippen molar-refractivity contribution in [1.29, 1.82) is 0 Å². The van der Waals surface area contributed by atoms with Crippen molar-refractivity contribution in [2.75, 3.05) is 11.9 Å². The first-order valence-corrected chi connectivity index (χ1v) is 7.44. The highest BCUT2D eigenvalue weighted by atomic mass is 32.2. The molecule has 2 atom stereocenters. The van der Waals surface area contributed by atoms with Gasteiger partial charge in [-0.25, -0.2) is 0 Å². The van der Waals surface area contributed by atoms with E-state index in [0.29, 0.717) is 6.04 Å². The van der Waals surface area contributed by atoms with Gasteiger partial charge >= 0.3 is 0 Å². The third-order valence-corrected chi connectivity index (χ3v) is 4.78. The van der Waals surface area contributed by atoms with Crippen LogP contribution in [0.25, 0.3) is 0 Å². The Labute approximate surface area is 112 Å². The molecule has 0 radical (unpaired) electrons. The molecule has 96 valence electrons. The van der Waals surface area contributed by atoms with Crippen LogP contribution in [0.5, 0.6) is 0 Å². The van der Waals surface area contributed by atoms with Crippen molar-refractivity contribution < 1.29 is 4.79 Å². The molecule has 0 bridgehead atoms. The molecule has 1 fully saturated rings. The minimum absolute atomic E-state index is 0.0114. The van der Waals surface area contributed by atoms with E-state index in [2.05, 4.69) is 22.8 Å². The second-order valence-corrected chi connectivity index (χ2v) is 6.46. The van der Waals surface area contributed by atoms with Gasteiger partial charge in [0.15, 0.2) is 0 Å². The summed E-state index contributed by atoms with van der Waals surface area (Å²) in [6.07, 6.45) is 3.66. The van der Waals surface area contributed by atoms with Crippen LogP contribution in [0.2, 0.25) is 0 Å². The molecule has 4 heteroatoms. The number of thioether (sulfide) groups is 1. The molecule has 2 heterocycles. The molecular formula is C14H18N2OS. The predicted octanol–water partition coefficient (Wildman–Crippen LogP) is 2.41. The number of fused-ring (bicyclic) bond motifs is 1. The molecule has 1 aromatic carbocycles. The standard InChI is InChI=1S/C14H18N2OS/c1-9-14(17)16-12-5-4-10(8-13(12)18-9)7-11-3-2-6-15-11/h4-5,8-9,11,15H,2-3,6-7H2,1H3,(H,16,17). The summed E-state index contributed by atoms with van der Waals surface area (Å²) in [7, 11) is 0. The molecule has 18 heavy (non-hydrogen) atoms. The Bertz CT molecular complexity index is 469. The number of amides is 1. The van der Waals surface area contributed by atoms with Crippen LogP contribution in [0.3, 0.4) is 0 Å². The van der Waals surface area contributed by atoms with Crippen LogP contribution in [0.1, 0.15) is 25.3 Å². The maximum Gasteiger partial charge on any atom is 0.237 e. The highest BCUT2D eigenvalue weighted by Crippen LogP contribution is 2.36. The van der Waals surface area contributed by atoms with Crippen molar-refractivity contribution in [3.8, 4) is 0 Å². The van der Waals surface area contributed by atoms with Crippen molar-refractivity contribution >= 4 is 23.4 Å². The highest BCUT2D eigenvalue weighted by molar-refractivity contribution is 8.00. The molecule has 0 aromatic heterocycles. The third-order valence-electron chi connectivity index (χ3n) is 3.62. The molecule has 1 aromatic rings. The van der Waals surface area contributed by atoms with Crippen LogP contribution in [0.4, 0.5) is 5.69 Å². The van der Waals surface area contributed by atoms with Crippen LogP contribution in [-0.2, 0) is 11.2 Å². The molecule has 0 aliphatic carbocycles. The van der Waals surface area contributed by atoms with Gasteiger partial charge in [-0.1, -0.05) is 6.07 Å². The minimum Gasteiger partial charge on any atom is -0.324 e. The van der Waals surface area contributed by atoms with Gasteiger partial charge < -0.3 is 10.6 Å². The number of nitrogens with one attached hydrogen (secondary N) is 2. The van der Waals surface area contributed by atoms with E-state index in [-0.39, 0.29) is 11.2 Å². The monoisotopic (exact) mass is 262 g/mol. The van der Waals surface area contributed by atoms with Gasteiger partial charge in [-0.3, -0.25) is 4.79 Å². The van der Waals surface area contributed by atoms with Gasteiger partial charge in [-0.2, -0.15) is 0 Å². The molecule has 2 aliphatic rings. The summed E-state index contributed by atoms with van der Waals surface area (Å²) < 4.78 is 0. The normalized spacial score (nSPS) is 26.8. The van der Waals surface area contributed by atoms with E-state index in [9.17, 15) is 4.79 Å². The smallest absolute Gasteiger partial charge is 0.237 e. The average molecular weight is 262 g/mol. The lowest BCUT2D eigenvalue weighted by Crippen LogP contribution is -2.27. The van der Waals surface area contributed by atoms with Crippen molar-refractivity contribution in [3.05, 3.63) is 23.8 Å². The van der Waals surface area contributed by atoms with Gasteiger partial charge in [-0.15, -0.1) is 11.8 Å². The average Bonchev–Trinajstić information content (AvgIpc) is 2.84. The van der Waals surface area contributed by atoms with E-state index < -0.39 is 0 Å². The summed E-state index contributed by atoms with van der Waals surface area (Å²) >= 11 is 1.66. The maximum atomic E-state index is 11.6. The predicted molar refractivity (Wildman–Crippen MR) is 75.1 cm³/mol. The molecule has 1 amide bonds. The van der Waals surface area contributed by atoms with E-state index in [1.807, 2.05) is 13.0 Å². The zero-order valence-electron chi connectivity index (χ0n) is 10.5. The first-order valence-electron chi connectivity index (χ1n) is 6.56. The lowest BCUT2D eigenvalue weighted by molar-refractivity contribution is -0.115. The first-order chi connectivity index (χ1) is 8.72. The molecule has 2 aliphatic heterocycles. The van der Waals surface area contributed by atoms with Gasteiger partial charge in [0.05, 0.1) is 10.9 Å². The number of benzene rings is 1. The van der Waals surface area contributed by atoms with E-state index in [1.54, 1.807) is 11.8 Å². The van der Waals surface area contributed by atoms with E-state index in [0.717, 1.165) is 18.7 Å². The molecule has 2 unspecified atom stereocenters. The van der Waals surface area contributed by atoms with E-state index in [1.165, 1.54) is 23.3 Å². The molecule has 3 nitrogen and oxygen atoms in total. The molecule has 3 rings (SSSR count). The second kappa shape index (κ2) is 4.94. The van der Waals surface area contributed by atoms with Crippen LogP contribution in [-0.4, -0.2) is 23.7 Å². The first kappa shape index (κ1) is 12.1. The third kappa shape index (κ3) is 2.40. The molecule has 0 saturated carbocycles. The lowest BCUT2D eigenvalue weighted by Gasteiger charge is -2.22. The summed E-state index contributed by atoms with van der Waals surface area (Å²) in [5, 5.41) is 6.49. The number of hydrogen-bond acceptors (Lipinski definition) is 3. The Hall–Kier alpha value is -1.00. The van der Waals surface area contributed by atoms with Gasteiger partial charge in [0.2, 0.25) is 5.91 Å². The van der Waals surface area contributed by atoms with Crippen molar-refractivity contribution in [1.82, 2.24) is 5.32 Å². The van der Waals surface area contributed by atoms with Gasteiger partial charge in [0.1, 0.15) is 0 Å². The Morgan fingerprint density at radius 1 is 1.44 bits per heavy atom. The number of anilines is 1. The zero-order valence-corrected chi connectivity index (χ0v) is 11.3. The van der Waals surface area contributed by atoms with Crippen LogP contribution >= 0.6 is 11.8 Å². The molecular weight excluding hydrogens is 244 g/mol. The quantitative estimate of drug-likeness (QED) is 0.860. The van der Waals surface area contributed by atoms with Crippen LogP contribution < -0.4 is 10.6 Å².